The van der Waals surface area contributed by atoms with Crippen molar-refractivity contribution in [3.8, 4) is 0 Å². The Hall–Kier alpha value is -2.31. The third-order valence-corrected chi connectivity index (χ3v) is 5.14. The highest BCUT2D eigenvalue weighted by Gasteiger charge is 2.47. The molecule has 0 fully saturated rings. The number of ketones is 1. The maximum Gasteiger partial charge on any atom is 0.330 e. The summed E-state index contributed by atoms with van der Waals surface area (Å²) >= 11 is 1.47. The molecule has 2 rings (SSSR count). The van der Waals surface area contributed by atoms with Gasteiger partial charge in [0.1, 0.15) is 10.6 Å². The van der Waals surface area contributed by atoms with Gasteiger partial charge >= 0.3 is 5.97 Å². The monoisotopic (exact) mass is 373 g/mol. The van der Waals surface area contributed by atoms with Crippen molar-refractivity contribution < 1.29 is 19.4 Å². The van der Waals surface area contributed by atoms with Gasteiger partial charge in [-0.3, -0.25) is 4.79 Å². The molecule has 26 heavy (non-hydrogen) atoms. The molecule has 0 saturated heterocycles. The molecule has 6 heteroatoms. The van der Waals surface area contributed by atoms with Crippen LogP contribution in [0.15, 0.2) is 53.1 Å². The lowest BCUT2D eigenvalue weighted by molar-refractivity contribution is -0.134. The molecule has 1 aromatic heterocycles. The Kier molecular flexibility index (Phi) is 6.10. The van der Waals surface area contributed by atoms with E-state index in [0.717, 1.165) is 5.01 Å². The van der Waals surface area contributed by atoms with Crippen LogP contribution in [0.2, 0.25) is 0 Å². The van der Waals surface area contributed by atoms with Crippen molar-refractivity contribution in [3.63, 3.8) is 0 Å². The van der Waals surface area contributed by atoms with E-state index in [1.807, 2.05) is 19.2 Å². The van der Waals surface area contributed by atoms with Gasteiger partial charge in [-0.1, -0.05) is 26.0 Å². The molecular formula is C20H23NO4S. The number of allylic oxidation sites excluding steroid dienone is 3. The van der Waals surface area contributed by atoms with E-state index in [1.54, 1.807) is 37.4 Å². The highest BCUT2D eigenvalue weighted by molar-refractivity contribution is 7.10. The quantitative estimate of drug-likeness (QED) is 0.486. The standard InChI is InChI=1S/C20H23NO4S/c1-14(11-18(23)25-4)7-8-20(24)15(5-6-17-21-9-10-26-17)12-16(22)13-19(20,2)3/h5-12,24H,13H2,1-4H3/b6-5+,8-7+,14-11-/t20-/m1/s1. The number of nitrogens with zero attached hydrogens (tertiary/aromatic N) is 1. The number of ether oxygens (including phenoxy) is 1. The highest BCUT2D eigenvalue weighted by atomic mass is 32.1. The molecule has 138 valence electrons. The Labute approximate surface area is 157 Å². The van der Waals surface area contributed by atoms with Crippen LogP contribution < -0.4 is 0 Å². The van der Waals surface area contributed by atoms with Crippen molar-refractivity contribution in [1.29, 1.82) is 0 Å². The van der Waals surface area contributed by atoms with Crippen molar-refractivity contribution in [2.75, 3.05) is 7.11 Å². The Morgan fingerprint density at radius 1 is 1.38 bits per heavy atom. The third-order valence-electron chi connectivity index (χ3n) is 4.40. The van der Waals surface area contributed by atoms with E-state index >= 15 is 0 Å². The number of carbonyl (C=O) groups excluding carboxylic acids is 2. The van der Waals surface area contributed by atoms with Crippen molar-refractivity contribution in [1.82, 2.24) is 4.98 Å². The molecule has 0 saturated carbocycles. The van der Waals surface area contributed by atoms with Crippen LogP contribution >= 0.6 is 11.3 Å². The zero-order valence-electron chi connectivity index (χ0n) is 15.4. The number of hydrogen-bond donors (Lipinski definition) is 1. The summed E-state index contributed by atoms with van der Waals surface area (Å²) in [4.78, 5) is 27.7. The van der Waals surface area contributed by atoms with Crippen LogP contribution in [-0.2, 0) is 14.3 Å². The molecule has 0 amide bonds. The summed E-state index contributed by atoms with van der Waals surface area (Å²) in [5, 5.41) is 14.1. The average Bonchev–Trinajstić information content (AvgIpc) is 3.08. The van der Waals surface area contributed by atoms with Crippen LogP contribution in [0.5, 0.6) is 0 Å². The van der Waals surface area contributed by atoms with Gasteiger partial charge in [0.25, 0.3) is 0 Å². The number of aromatic nitrogens is 1. The minimum Gasteiger partial charge on any atom is -0.466 e. The van der Waals surface area contributed by atoms with Crippen molar-refractivity contribution in [3.05, 3.63) is 58.1 Å². The molecule has 1 atom stereocenters. The first-order valence-corrected chi connectivity index (χ1v) is 9.06. The number of carbonyl (C=O) groups is 2. The Morgan fingerprint density at radius 3 is 2.73 bits per heavy atom. The molecule has 0 radical (unpaired) electrons. The van der Waals surface area contributed by atoms with E-state index in [2.05, 4.69) is 9.72 Å². The lowest BCUT2D eigenvalue weighted by atomic mass is 9.64. The van der Waals surface area contributed by atoms with Crippen molar-refractivity contribution >= 4 is 29.2 Å². The van der Waals surface area contributed by atoms with E-state index in [9.17, 15) is 14.7 Å². The van der Waals surface area contributed by atoms with E-state index < -0.39 is 17.0 Å². The fraction of sp³-hybridized carbons (Fsp3) is 0.350. The maximum absolute atomic E-state index is 12.1. The molecule has 1 heterocycles. The summed E-state index contributed by atoms with van der Waals surface area (Å²) < 4.78 is 4.61. The van der Waals surface area contributed by atoms with Gasteiger partial charge in [-0.2, -0.15) is 0 Å². The fourth-order valence-corrected chi connectivity index (χ4v) is 3.34. The van der Waals surface area contributed by atoms with Gasteiger partial charge in [0.15, 0.2) is 5.78 Å². The highest BCUT2D eigenvalue weighted by Crippen LogP contribution is 2.45. The lowest BCUT2D eigenvalue weighted by Crippen LogP contribution is -2.48. The van der Waals surface area contributed by atoms with Gasteiger partial charge < -0.3 is 9.84 Å². The first kappa shape index (κ1) is 20.0. The predicted molar refractivity (Wildman–Crippen MR) is 102 cm³/mol. The zero-order chi connectivity index (χ0) is 19.4. The van der Waals surface area contributed by atoms with E-state index in [4.69, 9.17) is 0 Å². The van der Waals surface area contributed by atoms with Crippen LogP contribution in [0.25, 0.3) is 6.08 Å². The summed E-state index contributed by atoms with van der Waals surface area (Å²) in [7, 11) is 1.31. The predicted octanol–water partition coefficient (Wildman–Crippen LogP) is 3.49. The average molecular weight is 373 g/mol. The number of rotatable bonds is 5. The SMILES string of the molecule is COC(=O)/C=C(C)\C=C\[C@@]1(O)C(/C=C/c2nccs2)=CC(=O)CC1(C)C. The largest absolute Gasteiger partial charge is 0.466 e. The Morgan fingerprint density at radius 2 is 2.12 bits per heavy atom. The summed E-state index contributed by atoms with van der Waals surface area (Å²) in [6.45, 7) is 5.43. The second-order valence-corrected chi connectivity index (χ2v) is 7.77. The van der Waals surface area contributed by atoms with Gasteiger partial charge in [-0.15, -0.1) is 11.3 Å². The molecule has 0 aromatic carbocycles. The normalized spacial score (nSPS) is 23.5. The van der Waals surface area contributed by atoms with E-state index in [0.29, 0.717) is 11.1 Å². The first-order chi connectivity index (χ1) is 12.2. The summed E-state index contributed by atoms with van der Waals surface area (Å²) in [5.41, 5.74) is -0.930. The number of esters is 1. The second-order valence-electron chi connectivity index (χ2n) is 6.84. The summed E-state index contributed by atoms with van der Waals surface area (Å²) in [6, 6.07) is 0. The van der Waals surface area contributed by atoms with Crippen LogP contribution in [0.1, 0.15) is 32.2 Å². The number of aliphatic hydroxyl groups is 1. The maximum atomic E-state index is 12.1. The number of methoxy groups -OCH3 is 1. The minimum absolute atomic E-state index is 0.0336. The lowest BCUT2D eigenvalue weighted by Gasteiger charge is -2.44. The molecule has 1 aliphatic rings. The van der Waals surface area contributed by atoms with Crippen molar-refractivity contribution in [2.24, 2.45) is 5.41 Å². The summed E-state index contributed by atoms with van der Waals surface area (Å²) in [5.74, 6) is -0.495. The third kappa shape index (κ3) is 4.45. The molecule has 0 bridgehead atoms. The number of hydrogen-bond acceptors (Lipinski definition) is 6. The molecular weight excluding hydrogens is 350 g/mol. The zero-order valence-corrected chi connectivity index (χ0v) is 16.2. The fourth-order valence-electron chi connectivity index (χ4n) is 2.82. The first-order valence-electron chi connectivity index (χ1n) is 8.18. The van der Waals surface area contributed by atoms with Crippen LogP contribution in [0.3, 0.4) is 0 Å². The molecule has 0 spiro atoms. The van der Waals surface area contributed by atoms with E-state index in [1.165, 1.54) is 30.6 Å². The van der Waals surface area contributed by atoms with Crippen LogP contribution in [0.4, 0.5) is 0 Å². The molecule has 1 aromatic rings. The van der Waals surface area contributed by atoms with Gasteiger partial charge in [0, 0.05) is 29.5 Å². The van der Waals surface area contributed by atoms with Crippen molar-refractivity contribution in [2.45, 2.75) is 32.8 Å². The molecule has 1 aliphatic carbocycles. The van der Waals surface area contributed by atoms with Crippen LogP contribution in [-0.4, -0.2) is 34.6 Å². The Balaban J connectivity index is 2.41. The van der Waals surface area contributed by atoms with E-state index in [-0.39, 0.29) is 12.2 Å². The molecule has 0 aliphatic heterocycles. The number of thiazole rings is 1. The van der Waals surface area contributed by atoms with Gasteiger partial charge in [0.2, 0.25) is 0 Å². The topological polar surface area (TPSA) is 76.5 Å². The minimum atomic E-state index is -1.36. The van der Waals surface area contributed by atoms with Gasteiger partial charge in [-0.05, 0) is 36.3 Å². The molecule has 5 nitrogen and oxygen atoms in total. The van der Waals surface area contributed by atoms with Crippen LogP contribution in [0, 0.1) is 5.41 Å². The molecule has 0 unspecified atom stereocenters. The molecule has 1 N–H and O–H groups in total. The second kappa shape index (κ2) is 7.93. The van der Waals surface area contributed by atoms with Gasteiger partial charge in [0.05, 0.1) is 7.11 Å². The Bertz CT molecular complexity index is 800. The summed E-state index contributed by atoms with van der Waals surface area (Å²) in [6.07, 6.45) is 11.5. The smallest absolute Gasteiger partial charge is 0.330 e. The van der Waals surface area contributed by atoms with Gasteiger partial charge in [-0.25, -0.2) is 9.78 Å².